The zero-order valence-electron chi connectivity index (χ0n) is 8.30. The minimum atomic E-state index is -0.344. The number of rotatable bonds is 5. The van der Waals surface area contributed by atoms with Crippen LogP contribution in [-0.4, -0.2) is 20.2 Å². The summed E-state index contributed by atoms with van der Waals surface area (Å²) in [6.45, 7) is 7.29. The molecule has 0 heterocycles. The normalized spacial score (nSPS) is 10.6. The van der Waals surface area contributed by atoms with E-state index >= 15 is 0 Å². The van der Waals surface area contributed by atoms with Gasteiger partial charge in [0, 0.05) is 10.1 Å². The first-order chi connectivity index (χ1) is 6.51. The molecule has 78 valence electrons. The van der Waals surface area contributed by atoms with Gasteiger partial charge in [0.2, 0.25) is 0 Å². The highest BCUT2D eigenvalue weighted by Gasteiger charge is 2.09. The molecule has 0 N–H and O–H groups in total. The van der Waals surface area contributed by atoms with E-state index < -0.39 is 0 Å². The summed E-state index contributed by atoms with van der Waals surface area (Å²) >= 11 is 3.16. The third-order valence-electron chi connectivity index (χ3n) is 1.50. The molecule has 0 bridgehead atoms. The highest BCUT2D eigenvalue weighted by Crippen LogP contribution is 2.18. The van der Waals surface area contributed by atoms with Gasteiger partial charge in [0.05, 0.1) is 20.6 Å². The number of esters is 1. The summed E-state index contributed by atoms with van der Waals surface area (Å²) in [4.78, 5) is 11.0. The van der Waals surface area contributed by atoms with Crippen molar-refractivity contribution in [3.63, 3.8) is 0 Å². The lowest BCUT2D eigenvalue weighted by Gasteiger charge is -2.08. The van der Waals surface area contributed by atoms with Crippen molar-refractivity contribution >= 4 is 21.9 Å². The Labute approximate surface area is 92.2 Å². The van der Waals surface area contributed by atoms with Gasteiger partial charge in [-0.3, -0.25) is 4.79 Å². The quantitative estimate of drug-likeness (QED) is 0.433. The Morgan fingerprint density at radius 3 is 2.29 bits per heavy atom. The fraction of sp³-hybridized carbons (Fsp3) is 0.300. The first-order valence-corrected chi connectivity index (χ1v) is 4.65. The highest BCUT2D eigenvalue weighted by atomic mass is 79.9. The Kier molecular flexibility index (Phi) is 5.95. The van der Waals surface area contributed by atoms with Crippen LogP contribution in [0.2, 0.25) is 0 Å². The van der Waals surface area contributed by atoms with Crippen molar-refractivity contribution in [2.24, 2.45) is 0 Å². The van der Waals surface area contributed by atoms with Crippen LogP contribution in [-0.2, 0) is 14.3 Å². The maximum atomic E-state index is 11.0. The number of ether oxygens (including phenoxy) is 2. The zero-order valence-corrected chi connectivity index (χ0v) is 9.89. The number of allylic oxidation sites excluding steroid dienone is 3. The van der Waals surface area contributed by atoms with E-state index in [1.807, 2.05) is 0 Å². The van der Waals surface area contributed by atoms with Crippen molar-refractivity contribution in [1.29, 1.82) is 0 Å². The minimum absolute atomic E-state index is 0.119. The third kappa shape index (κ3) is 4.87. The van der Waals surface area contributed by atoms with E-state index in [0.29, 0.717) is 15.8 Å². The van der Waals surface area contributed by atoms with Gasteiger partial charge in [-0.25, -0.2) is 0 Å². The highest BCUT2D eigenvalue weighted by molar-refractivity contribution is 9.11. The Morgan fingerprint density at radius 2 is 1.93 bits per heavy atom. The van der Waals surface area contributed by atoms with Gasteiger partial charge in [-0.15, -0.1) is 0 Å². The van der Waals surface area contributed by atoms with Gasteiger partial charge in [0.15, 0.2) is 0 Å². The van der Waals surface area contributed by atoms with Crippen LogP contribution in [0.5, 0.6) is 0 Å². The van der Waals surface area contributed by atoms with Gasteiger partial charge in [-0.05, 0) is 6.08 Å². The van der Waals surface area contributed by atoms with Crippen molar-refractivity contribution in [2.75, 3.05) is 14.2 Å². The van der Waals surface area contributed by atoms with Crippen molar-refractivity contribution in [3.8, 4) is 0 Å². The van der Waals surface area contributed by atoms with E-state index in [1.165, 1.54) is 14.2 Å². The lowest BCUT2D eigenvalue weighted by Crippen LogP contribution is -2.04. The molecule has 0 fully saturated rings. The number of halogens is 1. The molecule has 4 heteroatoms. The van der Waals surface area contributed by atoms with Crippen LogP contribution in [0, 0.1) is 0 Å². The van der Waals surface area contributed by atoms with Gasteiger partial charge in [0.1, 0.15) is 5.76 Å². The molecule has 0 aromatic carbocycles. The number of methoxy groups -OCH3 is 2. The molecule has 0 aromatic rings. The predicted molar refractivity (Wildman–Crippen MR) is 58.9 cm³/mol. The minimum Gasteiger partial charge on any atom is -0.497 e. The van der Waals surface area contributed by atoms with Crippen LogP contribution < -0.4 is 0 Å². The Balaban J connectivity index is 4.65. The van der Waals surface area contributed by atoms with Gasteiger partial charge in [-0.2, -0.15) is 0 Å². The lowest BCUT2D eigenvalue weighted by atomic mass is 10.1. The number of carbonyl (C=O) groups excluding carboxylic acids is 1. The summed E-state index contributed by atoms with van der Waals surface area (Å²) in [5.74, 6) is 0.0826. The molecule has 0 saturated heterocycles. The van der Waals surface area contributed by atoms with E-state index in [2.05, 4.69) is 33.8 Å². The smallest absolute Gasteiger partial charge is 0.310 e. The molecule has 3 nitrogen and oxygen atoms in total. The average Bonchev–Trinajstić information content (AvgIpc) is 2.14. The molecule has 0 amide bonds. The second-order valence-corrected chi connectivity index (χ2v) is 3.52. The molecule has 0 saturated carbocycles. The molecule has 0 rings (SSSR count). The maximum Gasteiger partial charge on any atom is 0.310 e. The monoisotopic (exact) mass is 260 g/mol. The third-order valence-corrected chi connectivity index (χ3v) is 1.73. The van der Waals surface area contributed by atoms with E-state index in [0.717, 1.165) is 0 Å². The second-order valence-electron chi connectivity index (χ2n) is 2.50. The summed E-state index contributed by atoms with van der Waals surface area (Å²) in [5, 5.41) is 0. The molecular formula is C10H13BrO3. The first-order valence-electron chi connectivity index (χ1n) is 3.86. The van der Waals surface area contributed by atoms with E-state index in [1.54, 1.807) is 6.08 Å². The van der Waals surface area contributed by atoms with Crippen LogP contribution in [0.15, 0.2) is 35.0 Å². The Hall–Kier alpha value is -1.03. The van der Waals surface area contributed by atoms with Crippen LogP contribution in [0.25, 0.3) is 0 Å². The average molecular weight is 261 g/mol. The number of hydrogen-bond donors (Lipinski definition) is 0. The van der Waals surface area contributed by atoms with Crippen LogP contribution in [0.1, 0.15) is 6.42 Å². The maximum absolute atomic E-state index is 11.0. The van der Waals surface area contributed by atoms with Crippen molar-refractivity contribution < 1.29 is 14.3 Å². The topological polar surface area (TPSA) is 35.5 Å². The summed E-state index contributed by atoms with van der Waals surface area (Å²) < 4.78 is 10.1. The summed E-state index contributed by atoms with van der Waals surface area (Å²) in [5.41, 5.74) is 0.640. The van der Waals surface area contributed by atoms with Crippen molar-refractivity contribution in [3.05, 3.63) is 35.0 Å². The van der Waals surface area contributed by atoms with E-state index in [4.69, 9.17) is 4.74 Å². The number of carbonyl (C=O) groups is 1. The molecule has 0 aliphatic carbocycles. The molecule has 0 radical (unpaired) electrons. The zero-order chi connectivity index (χ0) is 11.1. The SMILES string of the molecule is C=C(Br)/C=C(/CC(=O)OC)C(=C)OC. The summed E-state index contributed by atoms with van der Waals surface area (Å²) in [6, 6.07) is 0. The van der Waals surface area contributed by atoms with Gasteiger partial charge >= 0.3 is 5.97 Å². The molecule has 0 aliphatic rings. The summed E-state index contributed by atoms with van der Waals surface area (Å²) in [6.07, 6.45) is 1.79. The van der Waals surface area contributed by atoms with Gasteiger partial charge in [0.25, 0.3) is 0 Å². The number of hydrogen-bond acceptors (Lipinski definition) is 3. The second kappa shape index (κ2) is 6.43. The van der Waals surface area contributed by atoms with Crippen LogP contribution in [0.4, 0.5) is 0 Å². The molecular weight excluding hydrogens is 248 g/mol. The van der Waals surface area contributed by atoms with Crippen molar-refractivity contribution in [1.82, 2.24) is 0 Å². The van der Waals surface area contributed by atoms with Gasteiger partial charge in [-0.1, -0.05) is 29.1 Å². The Morgan fingerprint density at radius 1 is 1.36 bits per heavy atom. The molecule has 0 spiro atoms. The van der Waals surface area contributed by atoms with E-state index in [-0.39, 0.29) is 12.4 Å². The Bertz CT molecular complexity index is 279. The van der Waals surface area contributed by atoms with Crippen LogP contribution in [0.3, 0.4) is 0 Å². The summed E-state index contributed by atoms with van der Waals surface area (Å²) in [7, 11) is 2.82. The standard InChI is InChI=1S/C10H13BrO3/c1-7(11)5-9(8(2)13-3)6-10(12)14-4/h5H,1-2,6H2,3-4H3/b9-5-. The van der Waals surface area contributed by atoms with Gasteiger partial charge < -0.3 is 9.47 Å². The fourth-order valence-electron chi connectivity index (χ4n) is 0.778. The van der Waals surface area contributed by atoms with E-state index in [9.17, 15) is 4.79 Å². The fourth-order valence-corrected chi connectivity index (χ4v) is 1.05. The molecule has 0 aromatic heterocycles. The molecule has 0 atom stereocenters. The largest absolute Gasteiger partial charge is 0.497 e. The lowest BCUT2D eigenvalue weighted by molar-refractivity contribution is -0.139. The molecule has 14 heavy (non-hydrogen) atoms. The predicted octanol–water partition coefficient (Wildman–Crippen LogP) is 2.54. The van der Waals surface area contributed by atoms with Crippen LogP contribution >= 0.6 is 15.9 Å². The first kappa shape index (κ1) is 13.0. The molecule has 0 unspecified atom stereocenters. The molecule has 0 aliphatic heterocycles. The van der Waals surface area contributed by atoms with Crippen molar-refractivity contribution in [2.45, 2.75) is 6.42 Å².